The predicted octanol–water partition coefficient (Wildman–Crippen LogP) is -0.389. The first-order valence-electron chi connectivity index (χ1n) is 6.23. The molecule has 19 heavy (non-hydrogen) atoms. The first kappa shape index (κ1) is 16.3. The second-order valence-electron chi connectivity index (χ2n) is 5.28. The van der Waals surface area contributed by atoms with Crippen LogP contribution in [0.5, 0.6) is 0 Å². The van der Waals surface area contributed by atoms with Gasteiger partial charge in [0.05, 0.1) is 0 Å². The topological polar surface area (TPSA) is 9.23 Å². The molecular formula is C16H19LiOSi. The summed E-state index contributed by atoms with van der Waals surface area (Å²) in [6.07, 6.45) is 0. The minimum absolute atomic E-state index is 0. The molecule has 0 aromatic heterocycles. The summed E-state index contributed by atoms with van der Waals surface area (Å²) in [5, 5.41) is 2.59. The molecule has 0 fully saturated rings. The van der Waals surface area contributed by atoms with Gasteiger partial charge in [0.2, 0.25) is 0 Å². The molecule has 0 N–H and O–H groups in total. The van der Waals surface area contributed by atoms with Gasteiger partial charge in [-0.3, -0.25) is 0 Å². The summed E-state index contributed by atoms with van der Waals surface area (Å²) in [6.45, 7) is 6.34. The summed E-state index contributed by atoms with van der Waals surface area (Å²) < 4.78 is 6.31. The van der Waals surface area contributed by atoms with E-state index in [-0.39, 0.29) is 24.5 Å². The van der Waals surface area contributed by atoms with E-state index in [1.807, 2.05) is 12.1 Å². The van der Waals surface area contributed by atoms with E-state index >= 15 is 0 Å². The molecule has 0 unspecified atom stereocenters. The molecule has 0 saturated carbocycles. The van der Waals surface area contributed by atoms with Crippen molar-refractivity contribution in [2.24, 2.45) is 0 Å². The van der Waals surface area contributed by atoms with Crippen LogP contribution in [0, 0.1) is 0 Å². The van der Waals surface area contributed by atoms with E-state index < -0.39 is 9.04 Å². The van der Waals surface area contributed by atoms with Crippen LogP contribution in [0.1, 0.15) is 20.8 Å². The quantitative estimate of drug-likeness (QED) is 0.685. The van der Waals surface area contributed by atoms with Gasteiger partial charge >= 0.3 is 18.9 Å². The second kappa shape index (κ2) is 7.12. The van der Waals surface area contributed by atoms with Crippen molar-refractivity contribution < 1.29 is 23.3 Å². The average Bonchev–Trinajstić information content (AvgIpc) is 2.37. The maximum absolute atomic E-state index is 6.31. The Hall–Kier alpha value is -0.786. The molecule has 94 valence electrons. The monoisotopic (exact) mass is 262 g/mol. The van der Waals surface area contributed by atoms with E-state index in [0.29, 0.717) is 0 Å². The zero-order valence-corrected chi connectivity index (χ0v) is 13.2. The molecule has 0 saturated heterocycles. The third-order valence-electron chi connectivity index (χ3n) is 2.48. The van der Waals surface area contributed by atoms with Gasteiger partial charge in [-0.05, 0) is 20.8 Å². The summed E-state index contributed by atoms with van der Waals surface area (Å²) in [4.78, 5) is 0. The van der Waals surface area contributed by atoms with Crippen molar-refractivity contribution in [2.75, 3.05) is 0 Å². The minimum atomic E-state index is -1.16. The van der Waals surface area contributed by atoms with Crippen molar-refractivity contribution >= 4 is 19.4 Å². The van der Waals surface area contributed by atoms with E-state index in [1.54, 1.807) is 0 Å². The van der Waals surface area contributed by atoms with Gasteiger partial charge in [-0.1, -0.05) is 60.7 Å². The molecule has 0 atom stereocenters. The zero-order valence-electron chi connectivity index (χ0n) is 12.2. The minimum Gasteiger partial charge on any atom is -0.555 e. The van der Waals surface area contributed by atoms with Crippen molar-refractivity contribution in [1.82, 2.24) is 0 Å². The Morgan fingerprint density at radius 1 is 0.737 bits per heavy atom. The summed E-state index contributed by atoms with van der Waals surface area (Å²) in [5.74, 6) is 0. The van der Waals surface area contributed by atoms with Crippen LogP contribution in [0.25, 0.3) is 0 Å². The van der Waals surface area contributed by atoms with E-state index in [4.69, 9.17) is 4.43 Å². The van der Waals surface area contributed by atoms with Crippen molar-refractivity contribution in [3.63, 3.8) is 0 Å². The summed E-state index contributed by atoms with van der Waals surface area (Å²) in [7, 11) is -1.16. The number of rotatable bonds is 3. The van der Waals surface area contributed by atoms with Gasteiger partial charge in [-0.2, -0.15) is 10.4 Å². The maximum Gasteiger partial charge on any atom is 1.00 e. The summed E-state index contributed by atoms with van der Waals surface area (Å²) in [5.41, 5.74) is -0.125. The molecule has 0 amide bonds. The van der Waals surface area contributed by atoms with Crippen molar-refractivity contribution in [2.45, 2.75) is 26.4 Å². The van der Waals surface area contributed by atoms with E-state index in [1.165, 1.54) is 10.4 Å². The molecule has 1 nitrogen and oxygen atoms in total. The molecule has 2 aromatic rings. The molecule has 0 radical (unpaired) electrons. The fraction of sp³-hybridized carbons (Fsp3) is 0.250. The van der Waals surface area contributed by atoms with Gasteiger partial charge in [-0.25, -0.2) is 0 Å². The Labute approximate surface area is 129 Å². The SMILES string of the molecule is CC(C)(C)O[Si-](c1ccccc1)c1ccccc1.[Li+]. The normalized spacial score (nSPS) is 10.7. The number of hydrogen-bond donors (Lipinski definition) is 0. The van der Waals surface area contributed by atoms with Gasteiger partial charge in [0.25, 0.3) is 0 Å². The third kappa shape index (κ3) is 5.01. The van der Waals surface area contributed by atoms with E-state index in [0.717, 1.165) is 0 Å². The fourth-order valence-electron chi connectivity index (χ4n) is 1.77. The average molecular weight is 262 g/mol. The molecule has 2 aromatic carbocycles. The second-order valence-corrected chi connectivity index (χ2v) is 7.29. The summed E-state index contributed by atoms with van der Waals surface area (Å²) in [6, 6.07) is 21.0. The Balaban J connectivity index is 0.00000180. The zero-order chi connectivity index (χ0) is 13.0. The maximum atomic E-state index is 6.31. The van der Waals surface area contributed by atoms with Gasteiger partial charge < -0.3 is 4.43 Å². The first-order chi connectivity index (χ1) is 8.56. The Morgan fingerprint density at radius 2 is 1.11 bits per heavy atom. The van der Waals surface area contributed by atoms with Crippen molar-refractivity contribution in [3.05, 3.63) is 60.7 Å². The van der Waals surface area contributed by atoms with Gasteiger partial charge in [0, 0.05) is 5.60 Å². The largest absolute Gasteiger partial charge is 1.00 e. The van der Waals surface area contributed by atoms with Gasteiger partial charge in [0.1, 0.15) is 0 Å². The fourth-order valence-corrected chi connectivity index (χ4v) is 3.94. The van der Waals surface area contributed by atoms with E-state index in [9.17, 15) is 0 Å². The number of benzene rings is 2. The molecule has 0 aliphatic heterocycles. The smallest absolute Gasteiger partial charge is 0.555 e. The molecule has 0 bridgehead atoms. The molecule has 0 aliphatic carbocycles. The standard InChI is InChI=1S/C16H19OSi.Li/c1-16(2,3)17-18(14-10-6-4-7-11-14)15-12-8-5-9-13-15;/h4-13H,1-3H3;/q-1;+1. The molecule has 3 heteroatoms. The molecule has 0 spiro atoms. The molecule has 0 aliphatic rings. The Morgan fingerprint density at radius 3 is 1.42 bits per heavy atom. The Kier molecular flexibility index (Phi) is 6.10. The van der Waals surface area contributed by atoms with Crippen LogP contribution in [0.3, 0.4) is 0 Å². The predicted molar refractivity (Wildman–Crippen MR) is 78.7 cm³/mol. The Bertz CT molecular complexity index is 440. The van der Waals surface area contributed by atoms with Crippen LogP contribution in [0.2, 0.25) is 0 Å². The number of hydrogen-bond acceptors (Lipinski definition) is 1. The third-order valence-corrected chi connectivity index (χ3v) is 5.01. The van der Waals surface area contributed by atoms with Gasteiger partial charge in [0.15, 0.2) is 0 Å². The van der Waals surface area contributed by atoms with E-state index in [2.05, 4.69) is 69.3 Å². The first-order valence-corrected chi connectivity index (χ1v) is 7.64. The van der Waals surface area contributed by atoms with Crippen LogP contribution in [-0.2, 0) is 4.43 Å². The van der Waals surface area contributed by atoms with Crippen LogP contribution in [-0.4, -0.2) is 14.6 Å². The molecule has 0 heterocycles. The van der Waals surface area contributed by atoms with Crippen molar-refractivity contribution in [1.29, 1.82) is 0 Å². The van der Waals surface area contributed by atoms with Crippen LogP contribution >= 0.6 is 0 Å². The van der Waals surface area contributed by atoms with Crippen LogP contribution < -0.4 is 29.2 Å². The van der Waals surface area contributed by atoms with Crippen LogP contribution in [0.4, 0.5) is 0 Å². The summed E-state index contributed by atoms with van der Waals surface area (Å²) >= 11 is 0. The molecule has 2 rings (SSSR count). The van der Waals surface area contributed by atoms with Crippen molar-refractivity contribution in [3.8, 4) is 0 Å². The van der Waals surface area contributed by atoms with Crippen LogP contribution in [0.15, 0.2) is 60.7 Å². The molecular weight excluding hydrogens is 243 g/mol. The van der Waals surface area contributed by atoms with Gasteiger partial charge in [-0.15, -0.1) is 9.04 Å².